The number of nitrogens with one attached hydrogen (secondary N) is 1. The number of aromatic nitrogens is 1. The van der Waals surface area contributed by atoms with Gasteiger partial charge in [0.2, 0.25) is 0 Å². The molecule has 0 radical (unpaired) electrons. The van der Waals surface area contributed by atoms with E-state index in [4.69, 9.17) is 9.47 Å². The van der Waals surface area contributed by atoms with E-state index in [0.29, 0.717) is 34.9 Å². The lowest BCUT2D eigenvalue weighted by Gasteiger charge is -2.06. The number of phenols is 1. The summed E-state index contributed by atoms with van der Waals surface area (Å²) >= 11 is 0. The highest BCUT2D eigenvalue weighted by molar-refractivity contribution is 6.10. The van der Waals surface area contributed by atoms with Gasteiger partial charge in [0, 0.05) is 11.3 Å². The Bertz CT molecular complexity index is 848. The number of hydrogen-bond donors (Lipinski definition) is 2. The van der Waals surface area contributed by atoms with Crippen LogP contribution in [-0.4, -0.2) is 35.1 Å². The Hall–Kier alpha value is -3.02. The number of carbonyl (C=O) groups is 2. The standard InChI is InChI=1S/C20H23NO5/c1-5-25-17-11-14(7-9-15(17)22)8-10-16(23)18-12(3)19(21-13(18)4)20(24)26-6-2/h7-11,21-22H,5-6H2,1-4H3. The molecule has 0 spiro atoms. The fraction of sp³-hybridized carbons (Fsp3) is 0.300. The van der Waals surface area contributed by atoms with Gasteiger partial charge >= 0.3 is 5.97 Å². The molecular weight excluding hydrogens is 334 g/mol. The summed E-state index contributed by atoms with van der Waals surface area (Å²) in [6.45, 7) is 7.70. The molecule has 1 aromatic carbocycles. The monoisotopic (exact) mass is 357 g/mol. The molecule has 26 heavy (non-hydrogen) atoms. The van der Waals surface area contributed by atoms with Gasteiger partial charge in [0.05, 0.1) is 13.2 Å². The van der Waals surface area contributed by atoms with Crippen molar-refractivity contribution in [3.8, 4) is 11.5 Å². The van der Waals surface area contributed by atoms with Gasteiger partial charge in [-0.1, -0.05) is 12.1 Å². The van der Waals surface area contributed by atoms with E-state index in [9.17, 15) is 14.7 Å². The molecule has 0 aliphatic carbocycles. The van der Waals surface area contributed by atoms with Crippen LogP contribution in [0.1, 0.15) is 51.5 Å². The van der Waals surface area contributed by atoms with Gasteiger partial charge < -0.3 is 19.6 Å². The molecule has 0 atom stereocenters. The lowest BCUT2D eigenvalue weighted by atomic mass is 10.0. The third-order valence-corrected chi connectivity index (χ3v) is 3.87. The molecule has 0 unspecified atom stereocenters. The minimum Gasteiger partial charge on any atom is -0.504 e. The SMILES string of the molecule is CCOC(=O)c1[nH]c(C)c(C(=O)C=Cc2ccc(O)c(OCC)c2)c1C. The van der Waals surface area contributed by atoms with Crippen LogP contribution in [0.5, 0.6) is 11.5 Å². The van der Waals surface area contributed by atoms with E-state index in [1.54, 1.807) is 39.0 Å². The average Bonchev–Trinajstić information content (AvgIpc) is 2.90. The normalized spacial score (nSPS) is 10.9. The largest absolute Gasteiger partial charge is 0.504 e. The van der Waals surface area contributed by atoms with E-state index < -0.39 is 5.97 Å². The zero-order valence-electron chi connectivity index (χ0n) is 15.4. The zero-order chi connectivity index (χ0) is 19.3. The Morgan fingerprint density at radius 2 is 1.92 bits per heavy atom. The fourth-order valence-electron chi connectivity index (χ4n) is 2.69. The van der Waals surface area contributed by atoms with Gasteiger partial charge in [0.25, 0.3) is 0 Å². The summed E-state index contributed by atoms with van der Waals surface area (Å²) in [4.78, 5) is 27.5. The number of aromatic hydroxyl groups is 1. The number of ketones is 1. The minimum atomic E-state index is -0.476. The first-order valence-corrected chi connectivity index (χ1v) is 8.43. The average molecular weight is 357 g/mol. The second-order valence-corrected chi connectivity index (χ2v) is 5.70. The number of benzene rings is 1. The summed E-state index contributed by atoms with van der Waals surface area (Å²) in [5.41, 5.74) is 2.64. The van der Waals surface area contributed by atoms with E-state index in [-0.39, 0.29) is 18.1 Å². The van der Waals surface area contributed by atoms with Gasteiger partial charge in [0.15, 0.2) is 17.3 Å². The molecule has 0 aliphatic rings. The zero-order valence-corrected chi connectivity index (χ0v) is 15.4. The number of ether oxygens (including phenoxy) is 2. The van der Waals surface area contributed by atoms with E-state index in [1.165, 1.54) is 12.1 Å². The smallest absolute Gasteiger partial charge is 0.355 e. The van der Waals surface area contributed by atoms with Crippen LogP contribution < -0.4 is 4.74 Å². The van der Waals surface area contributed by atoms with Crippen molar-refractivity contribution in [1.29, 1.82) is 0 Å². The third kappa shape index (κ3) is 4.14. The number of aromatic amines is 1. The molecule has 0 saturated heterocycles. The lowest BCUT2D eigenvalue weighted by Crippen LogP contribution is -2.07. The molecule has 2 rings (SSSR count). The predicted octanol–water partition coefficient (Wildman–Crippen LogP) is 3.81. The van der Waals surface area contributed by atoms with Crippen molar-refractivity contribution in [2.24, 2.45) is 0 Å². The van der Waals surface area contributed by atoms with E-state index in [0.717, 1.165) is 5.56 Å². The molecular formula is C20H23NO5. The highest BCUT2D eigenvalue weighted by Gasteiger charge is 2.21. The van der Waals surface area contributed by atoms with Crippen molar-refractivity contribution in [1.82, 2.24) is 4.98 Å². The van der Waals surface area contributed by atoms with Crippen LogP contribution in [0.2, 0.25) is 0 Å². The first-order chi connectivity index (χ1) is 12.4. The number of aryl methyl sites for hydroxylation is 1. The molecule has 0 aliphatic heterocycles. The number of hydrogen-bond acceptors (Lipinski definition) is 5. The number of carbonyl (C=O) groups excluding carboxylic acids is 2. The molecule has 0 saturated carbocycles. The number of H-pyrrole nitrogens is 1. The summed E-state index contributed by atoms with van der Waals surface area (Å²) in [5, 5.41) is 9.73. The van der Waals surface area contributed by atoms with Gasteiger partial charge in [-0.3, -0.25) is 4.79 Å². The molecule has 0 fully saturated rings. The molecule has 0 bridgehead atoms. The molecule has 2 N–H and O–H groups in total. The maximum Gasteiger partial charge on any atom is 0.355 e. The van der Waals surface area contributed by atoms with Crippen LogP contribution in [0.3, 0.4) is 0 Å². The first kappa shape index (κ1) is 19.3. The van der Waals surface area contributed by atoms with Crippen molar-refractivity contribution >= 4 is 17.8 Å². The molecule has 138 valence electrons. The number of rotatable bonds is 7. The van der Waals surface area contributed by atoms with Gasteiger partial charge in [-0.15, -0.1) is 0 Å². The minimum absolute atomic E-state index is 0.0479. The van der Waals surface area contributed by atoms with Crippen molar-refractivity contribution < 1.29 is 24.2 Å². The van der Waals surface area contributed by atoms with E-state index in [1.807, 2.05) is 6.92 Å². The fourth-order valence-corrected chi connectivity index (χ4v) is 2.69. The maximum atomic E-state index is 12.6. The quantitative estimate of drug-likeness (QED) is 0.447. The van der Waals surface area contributed by atoms with Crippen LogP contribution in [0.25, 0.3) is 6.08 Å². The number of esters is 1. The topological polar surface area (TPSA) is 88.6 Å². The summed E-state index contributed by atoms with van der Waals surface area (Å²) in [5.74, 6) is -0.290. The van der Waals surface area contributed by atoms with Crippen molar-refractivity contribution in [2.75, 3.05) is 13.2 Å². The summed E-state index contributed by atoms with van der Waals surface area (Å²) in [6.07, 6.45) is 3.07. The van der Waals surface area contributed by atoms with E-state index in [2.05, 4.69) is 4.98 Å². The Morgan fingerprint density at radius 3 is 2.58 bits per heavy atom. The number of phenolic OH excluding ortho intramolecular Hbond substituents is 1. The Morgan fingerprint density at radius 1 is 1.19 bits per heavy atom. The molecule has 1 aromatic heterocycles. The highest BCUT2D eigenvalue weighted by Crippen LogP contribution is 2.27. The predicted molar refractivity (Wildman–Crippen MR) is 98.9 cm³/mol. The van der Waals surface area contributed by atoms with Gasteiger partial charge in [0.1, 0.15) is 5.69 Å². The summed E-state index contributed by atoms with van der Waals surface area (Å²) in [7, 11) is 0. The summed E-state index contributed by atoms with van der Waals surface area (Å²) < 4.78 is 10.3. The van der Waals surface area contributed by atoms with Crippen LogP contribution in [0, 0.1) is 13.8 Å². The molecule has 0 amide bonds. The molecule has 6 nitrogen and oxygen atoms in total. The first-order valence-electron chi connectivity index (χ1n) is 8.43. The van der Waals surface area contributed by atoms with Crippen molar-refractivity contribution in [2.45, 2.75) is 27.7 Å². The van der Waals surface area contributed by atoms with Crippen LogP contribution in [0.15, 0.2) is 24.3 Å². The van der Waals surface area contributed by atoms with Gasteiger partial charge in [-0.25, -0.2) is 4.79 Å². The van der Waals surface area contributed by atoms with Crippen LogP contribution >= 0.6 is 0 Å². The second kappa shape index (κ2) is 8.38. The van der Waals surface area contributed by atoms with Crippen LogP contribution in [-0.2, 0) is 4.74 Å². The van der Waals surface area contributed by atoms with Gasteiger partial charge in [-0.05, 0) is 57.0 Å². The Labute approximate surface area is 152 Å². The Kier molecular flexibility index (Phi) is 6.22. The highest BCUT2D eigenvalue weighted by atomic mass is 16.5. The molecule has 6 heteroatoms. The van der Waals surface area contributed by atoms with E-state index >= 15 is 0 Å². The second-order valence-electron chi connectivity index (χ2n) is 5.70. The lowest BCUT2D eigenvalue weighted by molar-refractivity contribution is 0.0519. The summed E-state index contributed by atoms with van der Waals surface area (Å²) in [6, 6.07) is 4.85. The van der Waals surface area contributed by atoms with Crippen molar-refractivity contribution in [3.05, 3.63) is 52.4 Å². The number of allylic oxidation sites excluding steroid dienone is 1. The molecule has 2 aromatic rings. The third-order valence-electron chi connectivity index (χ3n) is 3.87. The van der Waals surface area contributed by atoms with Crippen LogP contribution in [0.4, 0.5) is 0 Å². The Balaban J connectivity index is 2.26. The maximum absolute atomic E-state index is 12.6. The van der Waals surface area contributed by atoms with Crippen molar-refractivity contribution in [3.63, 3.8) is 0 Å². The van der Waals surface area contributed by atoms with Gasteiger partial charge in [-0.2, -0.15) is 0 Å². The molecule has 1 heterocycles.